The maximum absolute atomic E-state index is 12.7. The second kappa shape index (κ2) is 12.2. The van der Waals surface area contributed by atoms with E-state index in [0.29, 0.717) is 6.42 Å². The number of hydrogen-bond acceptors (Lipinski definition) is 5. The van der Waals surface area contributed by atoms with Crippen LogP contribution in [-0.2, 0) is 23.7 Å². The van der Waals surface area contributed by atoms with Crippen LogP contribution in [0, 0.1) is 17.8 Å². The molecule has 1 unspecified atom stereocenters. The Hall–Kier alpha value is -1.40. The van der Waals surface area contributed by atoms with Gasteiger partial charge in [-0.3, -0.25) is 18.9 Å². The van der Waals surface area contributed by atoms with Crippen molar-refractivity contribution in [3.63, 3.8) is 0 Å². The molecule has 0 heterocycles. The number of amides is 2. The van der Waals surface area contributed by atoms with Crippen molar-refractivity contribution in [3.8, 4) is 0 Å². The van der Waals surface area contributed by atoms with E-state index >= 15 is 0 Å². The third kappa shape index (κ3) is 10.8. The highest BCUT2D eigenvalue weighted by molar-refractivity contribution is 7.59. The molecule has 8 nitrogen and oxygen atoms in total. The number of nitrogens with one attached hydrogen (secondary N) is 2. The summed E-state index contributed by atoms with van der Waals surface area (Å²) in [5.41, 5.74) is 0. The molecule has 2 amide bonds. The molecule has 3 N–H and O–H groups in total. The van der Waals surface area contributed by atoms with Crippen LogP contribution in [0.5, 0.6) is 0 Å². The number of esters is 1. The molecular weight excluding hydrogens is 383 g/mol. The Balaban J connectivity index is 5.13. The minimum atomic E-state index is -3.82. The number of carbonyl (C=O) groups is 3. The van der Waals surface area contributed by atoms with E-state index in [0.717, 1.165) is 0 Å². The first-order valence-corrected chi connectivity index (χ1v) is 11.9. The molecule has 0 bridgehead atoms. The second-order valence-electron chi connectivity index (χ2n) is 8.24. The molecule has 0 saturated carbocycles. The molecule has 0 aliphatic carbocycles. The molecule has 0 aliphatic rings. The van der Waals surface area contributed by atoms with Crippen LogP contribution in [0.4, 0.5) is 0 Å². The maximum atomic E-state index is 12.7. The summed E-state index contributed by atoms with van der Waals surface area (Å²) in [6.45, 7) is 12.9. The van der Waals surface area contributed by atoms with E-state index in [9.17, 15) is 23.8 Å². The lowest BCUT2D eigenvalue weighted by Gasteiger charge is -2.29. The van der Waals surface area contributed by atoms with Gasteiger partial charge in [-0.15, -0.1) is 0 Å². The standard InChI is InChI=1S/C19H37N2O6P/c1-8-27-17(23)11-28(25,26)10-15(13(4)5)20-19(24)18(14(6)7)21-16(22)9-12(2)3/h12-15,18H,8-11H2,1-7H3,(H,20,24)(H,21,22)(H,25,26)/t15-,18-/m0/s1. The molecular formula is C19H37N2O6P. The van der Waals surface area contributed by atoms with Gasteiger partial charge in [0, 0.05) is 18.6 Å². The molecule has 0 aliphatic heterocycles. The number of ether oxygens (including phenoxy) is 1. The first-order chi connectivity index (χ1) is 12.8. The maximum Gasteiger partial charge on any atom is 0.315 e. The van der Waals surface area contributed by atoms with Gasteiger partial charge in [-0.05, 0) is 24.7 Å². The summed E-state index contributed by atoms with van der Waals surface area (Å²) < 4.78 is 17.2. The number of carbonyl (C=O) groups excluding carboxylic acids is 3. The van der Waals surface area contributed by atoms with Gasteiger partial charge in [0.2, 0.25) is 19.2 Å². The molecule has 0 fully saturated rings. The van der Waals surface area contributed by atoms with Crippen molar-refractivity contribution in [1.82, 2.24) is 10.6 Å². The van der Waals surface area contributed by atoms with Gasteiger partial charge >= 0.3 is 5.97 Å². The fraction of sp³-hybridized carbons (Fsp3) is 0.842. The van der Waals surface area contributed by atoms with Gasteiger partial charge in [0.15, 0.2) is 0 Å². The van der Waals surface area contributed by atoms with Crippen LogP contribution in [0.1, 0.15) is 54.9 Å². The SMILES string of the molecule is CCOC(=O)CP(=O)(O)C[C@H](NC(=O)[C@@H](NC(=O)CC(C)C)C(C)C)C(C)C. The molecule has 0 aromatic carbocycles. The Morgan fingerprint density at radius 1 is 1.00 bits per heavy atom. The highest BCUT2D eigenvalue weighted by Gasteiger charge is 2.33. The lowest BCUT2D eigenvalue weighted by molar-refractivity contribution is -0.140. The molecule has 0 rings (SSSR count). The Kier molecular flexibility index (Phi) is 11.6. The van der Waals surface area contributed by atoms with Crippen molar-refractivity contribution in [1.29, 1.82) is 0 Å². The van der Waals surface area contributed by atoms with Crippen molar-refractivity contribution in [2.24, 2.45) is 17.8 Å². The van der Waals surface area contributed by atoms with Crippen molar-refractivity contribution in [2.75, 3.05) is 18.9 Å². The fourth-order valence-corrected chi connectivity index (χ4v) is 4.37. The summed E-state index contributed by atoms with van der Waals surface area (Å²) in [5, 5.41) is 5.53. The van der Waals surface area contributed by atoms with Crippen LogP contribution in [0.25, 0.3) is 0 Å². The van der Waals surface area contributed by atoms with E-state index in [1.807, 2.05) is 41.5 Å². The Labute approximate surface area is 168 Å². The molecule has 0 spiro atoms. The zero-order valence-corrected chi connectivity index (χ0v) is 19.0. The number of rotatable bonds is 12. The third-order valence-electron chi connectivity index (χ3n) is 4.16. The van der Waals surface area contributed by atoms with Crippen LogP contribution in [0.3, 0.4) is 0 Å². The molecule has 0 radical (unpaired) electrons. The third-order valence-corrected chi connectivity index (χ3v) is 5.87. The summed E-state index contributed by atoms with van der Waals surface area (Å²) in [7, 11) is -3.82. The highest BCUT2D eigenvalue weighted by atomic mass is 31.2. The quantitative estimate of drug-likeness (QED) is 0.328. The smallest absolute Gasteiger partial charge is 0.315 e. The van der Waals surface area contributed by atoms with E-state index < -0.39 is 37.5 Å². The lowest BCUT2D eigenvalue weighted by atomic mass is 10.0. The second-order valence-corrected chi connectivity index (χ2v) is 10.6. The Bertz CT molecular complexity index is 577. The molecule has 0 aromatic rings. The molecule has 3 atom stereocenters. The van der Waals surface area contributed by atoms with Gasteiger partial charge < -0.3 is 20.3 Å². The first kappa shape index (κ1) is 26.6. The van der Waals surface area contributed by atoms with E-state index in [2.05, 4.69) is 10.6 Å². The van der Waals surface area contributed by atoms with Gasteiger partial charge in [-0.2, -0.15) is 0 Å². The average molecular weight is 420 g/mol. The zero-order valence-electron chi connectivity index (χ0n) is 18.2. The predicted octanol–water partition coefficient (Wildman–Crippen LogP) is 2.15. The van der Waals surface area contributed by atoms with Crippen molar-refractivity contribution in [3.05, 3.63) is 0 Å². The average Bonchev–Trinajstić information content (AvgIpc) is 2.50. The summed E-state index contributed by atoms with van der Waals surface area (Å²) in [6.07, 6.45) is -0.506. The monoisotopic (exact) mass is 420 g/mol. The molecule has 28 heavy (non-hydrogen) atoms. The van der Waals surface area contributed by atoms with Crippen molar-refractivity contribution < 1.29 is 28.6 Å². The minimum absolute atomic E-state index is 0.134. The van der Waals surface area contributed by atoms with Gasteiger partial charge in [-0.1, -0.05) is 41.5 Å². The Morgan fingerprint density at radius 2 is 1.57 bits per heavy atom. The largest absolute Gasteiger partial charge is 0.466 e. The lowest BCUT2D eigenvalue weighted by Crippen LogP contribution is -2.54. The van der Waals surface area contributed by atoms with Crippen LogP contribution in [0.15, 0.2) is 0 Å². The first-order valence-electron chi connectivity index (χ1n) is 9.85. The topological polar surface area (TPSA) is 122 Å². The van der Waals surface area contributed by atoms with Crippen LogP contribution in [0.2, 0.25) is 0 Å². The molecule has 0 saturated heterocycles. The highest BCUT2D eigenvalue weighted by Crippen LogP contribution is 2.42. The van der Waals surface area contributed by atoms with Crippen molar-refractivity contribution >= 4 is 25.2 Å². The van der Waals surface area contributed by atoms with Crippen LogP contribution in [-0.4, -0.2) is 53.7 Å². The molecule has 9 heteroatoms. The number of hydrogen-bond donors (Lipinski definition) is 3. The fourth-order valence-electron chi connectivity index (χ4n) is 2.61. The van der Waals surface area contributed by atoms with Crippen LogP contribution < -0.4 is 10.6 Å². The van der Waals surface area contributed by atoms with E-state index in [1.165, 1.54) is 0 Å². The summed E-state index contributed by atoms with van der Waals surface area (Å²) in [5.74, 6) is -1.46. The Morgan fingerprint density at radius 3 is 2.00 bits per heavy atom. The van der Waals surface area contributed by atoms with Crippen LogP contribution >= 0.6 is 7.37 Å². The van der Waals surface area contributed by atoms with Gasteiger partial charge in [0.1, 0.15) is 12.2 Å². The summed E-state index contributed by atoms with van der Waals surface area (Å²) >= 11 is 0. The summed E-state index contributed by atoms with van der Waals surface area (Å²) in [4.78, 5) is 46.5. The molecule has 0 aromatic heterocycles. The van der Waals surface area contributed by atoms with Gasteiger partial charge in [-0.25, -0.2) is 0 Å². The van der Waals surface area contributed by atoms with Crippen molar-refractivity contribution in [2.45, 2.75) is 67.0 Å². The predicted molar refractivity (Wildman–Crippen MR) is 109 cm³/mol. The molecule has 164 valence electrons. The van der Waals surface area contributed by atoms with E-state index in [-0.39, 0.29) is 36.4 Å². The van der Waals surface area contributed by atoms with Gasteiger partial charge in [0.05, 0.1) is 6.61 Å². The van der Waals surface area contributed by atoms with E-state index in [4.69, 9.17) is 4.74 Å². The zero-order chi connectivity index (χ0) is 22.1. The summed E-state index contributed by atoms with van der Waals surface area (Å²) in [6, 6.07) is -1.35. The van der Waals surface area contributed by atoms with E-state index in [1.54, 1.807) is 6.92 Å². The van der Waals surface area contributed by atoms with Gasteiger partial charge in [0.25, 0.3) is 0 Å². The minimum Gasteiger partial charge on any atom is -0.466 e. The normalized spacial score (nSPS) is 15.8.